The fraction of sp³-hybridized carbons (Fsp3) is 0.429. The van der Waals surface area contributed by atoms with Gasteiger partial charge in [0, 0.05) is 12.4 Å². The Morgan fingerprint density at radius 3 is 3.08 bits per heavy atom. The van der Waals surface area contributed by atoms with Crippen LogP contribution in [0.2, 0.25) is 0 Å². The Morgan fingerprint density at radius 2 is 2.58 bits per heavy atom. The van der Waals surface area contributed by atoms with Gasteiger partial charge in [0.1, 0.15) is 0 Å². The molecule has 1 unspecified atom stereocenters. The first-order valence-electron chi connectivity index (χ1n) is 3.45. The highest BCUT2D eigenvalue weighted by atomic mass is 16.5. The lowest BCUT2D eigenvalue weighted by atomic mass is 10.3. The Labute approximate surface area is 69.6 Å². The lowest BCUT2D eigenvalue weighted by Crippen LogP contribution is -2.26. The second kappa shape index (κ2) is 3.87. The minimum Gasteiger partial charge on any atom is -0.467 e. The Kier molecular flexibility index (Phi) is 2.82. The summed E-state index contributed by atoms with van der Waals surface area (Å²) in [6, 6.07) is 0. The van der Waals surface area contributed by atoms with E-state index < -0.39 is 12.1 Å². The maximum atomic E-state index is 10.7. The number of imidazole rings is 1. The van der Waals surface area contributed by atoms with Crippen LogP contribution < -0.4 is 0 Å². The molecule has 1 aromatic rings. The van der Waals surface area contributed by atoms with Gasteiger partial charge in [-0.3, -0.25) is 0 Å². The number of aliphatic hydroxyl groups is 1. The number of carbonyl (C=O) groups excluding carboxylic acids is 1. The predicted octanol–water partition coefficient (Wildman–Crippen LogP) is -0.583. The normalized spacial score (nSPS) is 12.5. The van der Waals surface area contributed by atoms with Gasteiger partial charge in [-0.25, -0.2) is 9.78 Å². The van der Waals surface area contributed by atoms with Crippen LogP contribution in [0.5, 0.6) is 0 Å². The second-order valence-corrected chi connectivity index (χ2v) is 2.30. The van der Waals surface area contributed by atoms with Crippen LogP contribution in [-0.2, 0) is 16.1 Å². The van der Waals surface area contributed by atoms with E-state index in [0.717, 1.165) is 0 Å². The highest BCUT2D eigenvalue weighted by molar-refractivity contribution is 5.73. The van der Waals surface area contributed by atoms with Crippen LogP contribution in [0.1, 0.15) is 0 Å². The van der Waals surface area contributed by atoms with Crippen molar-refractivity contribution in [3.8, 4) is 0 Å². The van der Waals surface area contributed by atoms with Crippen molar-refractivity contribution in [1.82, 2.24) is 9.55 Å². The van der Waals surface area contributed by atoms with Gasteiger partial charge in [0.15, 0.2) is 6.10 Å². The van der Waals surface area contributed by atoms with E-state index in [9.17, 15) is 4.79 Å². The molecule has 0 aliphatic rings. The first kappa shape index (κ1) is 8.73. The van der Waals surface area contributed by atoms with Crippen molar-refractivity contribution in [2.75, 3.05) is 7.11 Å². The van der Waals surface area contributed by atoms with E-state index >= 15 is 0 Å². The second-order valence-electron chi connectivity index (χ2n) is 2.30. The largest absolute Gasteiger partial charge is 0.467 e. The first-order valence-corrected chi connectivity index (χ1v) is 3.45. The number of carbonyl (C=O) groups is 1. The zero-order valence-corrected chi connectivity index (χ0v) is 6.67. The molecule has 12 heavy (non-hydrogen) atoms. The van der Waals surface area contributed by atoms with Gasteiger partial charge in [0.25, 0.3) is 0 Å². The molecule has 0 aliphatic heterocycles. The van der Waals surface area contributed by atoms with Gasteiger partial charge in [0.05, 0.1) is 20.0 Å². The van der Waals surface area contributed by atoms with Gasteiger partial charge < -0.3 is 14.4 Å². The molecule has 0 radical (unpaired) electrons. The number of aliphatic hydroxyl groups excluding tert-OH is 1. The van der Waals surface area contributed by atoms with E-state index in [2.05, 4.69) is 9.72 Å². The number of nitrogens with zero attached hydrogens (tertiary/aromatic N) is 2. The average molecular weight is 170 g/mol. The summed E-state index contributed by atoms with van der Waals surface area (Å²) in [6.45, 7) is 0.173. The topological polar surface area (TPSA) is 64.3 Å². The molecule has 0 aliphatic carbocycles. The summed E-state index contributed by atoms with van der Waals surface area (Å²) in [5, 5.41) is 9.17. The molecule has 0 amide bonds. The molecular weight excluding hydrogens is 160 g/mol. The van der Waals surface area contributed by atoms with E-state index in [0.29, 0.717) is 0 Å². The molecule has 1 rings (SSSR count). The number of aromatic nitrogens is 2. The van der Waals surface area contributed by atoms with E-state index in [4.69, 9.17) is 5.11 Å². The van der Waals surface area contributed by atoms with E-state index in [1.165, 1.54) is 13.4 Å². The Balaban J connectivity index is 2.47. The molecule has 1 N–H and O–H groups in total. The number of esters is 1. The summed E-state index contributed by atoms with van der Waals surface area (Å²) in [5.41, 5.74) is 0. The molecular formula is C7H10N2O3. The molecule has 0 bridgehead atoms. The Hall–Kier alpha value is -1.36. The number of hydrogen-bond donors (Lipinski definition) is 1. The summed E-state index contributed by atoms with van der Waals surface area (Å²) in [5.74, 6) is -0.635. The Morgan fingerprint density at radius 1 is 1.83 bits per heavy atom. The maximum absolute atomic E-state index is 10.7. The van der Waals surface area contributed by atoms with Crippen LogP contribution in [-0.4, -0.2) is 33.8 Å². The summed E-state index contributed by atoms with van der Waals surface area (Å²) < 4.78 is 5.94. The third-order valence-electron chi connectivity index (χ3n) is 1.42. The molecule has 66 valence electrons. The van der Waals surface area contributed by atoms with Crippen LogP contribution in [0.25, 0.3) is 0 Å². The van der Waals surface area contributed by atoms with Gasteiger partial charge in [-0.1, -0.05) is 0 Å². The van der Waals surface area contributed by atoms with Crippen LogP contribution in [0.15, 0.2) is 18.7 Å². The highest BCUT2D eigenvalue weighted by Crippen LogP contribution is 1.93. The average Bonchev–Trinajstić information content (AvgIpc) is 2.55. The molecule has 1 heterocycles. The SMILES string of the molecule is COC(=O)C(O)Cn1ccnc1. The molecule has 5 nitrogen and oxygen atoms in total. The molecule has 0 saturated heterocycles. The van der Waals surface area contributed by atoms with Crippen molar-refractivity contribution in [3.63, 3.8) is 0 Å². The lowest BCUT2D eigenvalue weighted by molar-refractivity contribution is -0.151. The van der Waals surface area contributed by atoms with Gasteiger partial charge in [0.2, 0.25) is 0 Å². The van der Waals surface area contributed by atoms with Gasteiger partial charge in [-0.2, -0.15) is 0 Å². The van der Waals surface area contributed by atoms with Gasteiger partial charge in [-0.05, 0) is 0 Å². The fourth-order valence-electron chi connectivity index (χ4n) is 0.805. The van der Waals surface area contributed by atoms with Crippen molar-refractivity contribution in [3.05, 3.63) is 18.7 Å². The van der Waals surface area contributed by atoms with Crippen molar-refractivity contribution in [2.24, 2.45) is 0 Å². The standard InChI is InChI=1S/C7H10N2O3/c1-12-7(11)6(10)4-9-3-2-8-5-9/h2-3,5-6,10H,4H2,1H3. The quantitative estimate of drug-likeness (QED) is 0.616. The molecule has 0 spiro atoms. The molecule has 1 aromatic heterocycles. The summed E-state index contributed by atoms with van der Waals surface area (Å²) in [4.78, 5) is 14.5. The van der Waals surface area contributed by atoms with Crippen LogP contribution in [0, 0.1) is 0 Å². The van der Waals surface area contributed by atoms with E-state index in [1.54, 1.807) is 17.0 Å². The van der Waals surface area contributed by atoms with Crippen LogP contribution in [0.3, 0.4) is 0 Å². The summed E-state index contributed by atoms with van der Waals surface area (Å²) in [7, 11) is 1.24. The number of rotatable bonds is 3. The van der Waals surface area contributed by atoms with E-state index in [1.807, 2.05) is 0 Å². The molecule has 0 saturated carbocycles. The van der Waals surface area contributed by atoms with Crippen LogP contribution in [0.4, 0.5) is 0 Å². The highest BCUT2D eigenvalue weighted by Gasteiger charge is 2.14. The van der Waals surface area contributed by atoms with Crippen molar-refractivity contribution in [2.45, 2.75) is 12.6 Å². The Bertz CT molecular complexity index is 245. The fourth-order valence-corrected chi connectivity index (χ4v) is 0.805. The molecule has 0 fully saturated rings. The first-order chi connectivity index (χ1) is 5.74. The summed E-state index contributed by atoms with van der Waals surface area (Å²) >= 11 is 0. The van der Waals surface area contributed by atoms with Crippen molar-refractivity contribution in [1.29, 1.82) is 0 Å². The van der Waals surface area contributed by atoms with Gasteiger partial charge >= 0.3 is 5.97 Å². The predicted molar refractivity (Wildman–Crippen MR) is 40.2 cm³/mol. The number of hydrogen-bond acceptors (Lipinski definition) is 4. The third kappa shape index (κ3) is 2.06. The lowest BCUT2D eigenvalue weighted by Gasteiger charge is -2.07. The smallest absolute Gasteiger partial charge is 0.336 e. The van der Waals surface area contributed by atoms with Crippen molar-refractivity contribution >= 4 is 5.97 Å². The van der Waals surface area contributed by atoms with Crippen molar-refractivity contribution < 1.29 is 14.6 Å². The monoisotopic (exact) mass is 170 g/mol. The molecule has 1 atom stereocenters. The minimum absolute atomic E-state index is 0.173. The van der Waals surface area contributed by atoms with Crippen LogP contribution >= 0.6 is 0 Å². The zero-order valence-electron chi connectivity index (χ0n) is 6.67. The molecule has 0 aromatic carbocycles. The minimum atomic E-state index is -1.12. The molecule has 5 heteroatoms. The third-order valence-corrected chi connectivity index (χ3v) is 1.42. The van der Waals surface area contributed by atoms with Gasteiger partial charge in [-0.15, -0.1) is 0 Å². The number of ether oxygens (including phenoxy) is 1. The maximum Gasteiger partial charge on any atom is 0.336 e. The number of methoxy groups -OCH3 is 1. The summed E-state index contributed by atoms with van der Waals surface area (Å²) in [6.07, 6.45) is 3.63. The van der Waals surface area contributed by atoms with E-state index in [-0.39, 0.29) is 6.54 Å². The zero-order chi connectivity index (χ0) is 8.97.